The van der Waals surface area contributed by atoms with Crippen LogP contribution in [0, 0.1) is 17.0 Å². The summed E-state index contributed by atoms with van der Waals surface area (Å²) in [4.78, 5) is 36.0. The number of likely N-dealkylation sites (N-methyl/N-ethyl adjacent to an activating group) is 1. The average molecular weight is 516 g/mol. The molecule has 8 heteroatoms. The number of hydrogen-bond donors (Lipinski definition) is 0. The first-order chi connectivity index (χ1) is 18.3. The van der Waals surface area contributed by atoms with Crippen molar-refractivity contribution in [2.24, 2.45) is 0 Å². The molecule has 0 N–H and O–H groups in total. The summed E-state index contributed by atoms with van der Waals surface area (Å²) in [6, 6.07) is 20.8. The highest BCUT2D eigenvalue weighted by atomic mass is 16.6. The number of carbonyl (C=O) groups excluding carboxylic acids is 1. The van der Waals surface area contributed by atoms with Crippen molar-refractivity contribution in [3.05, 3.63) is 105 Å². The first-order valence-corrected chi connectivity index (χ1v) is 13.2. The van der Waals surface area contributed by atoms with Crippen molar-refractivity contribution < 1.29 is 9.72 Å². The SMILES string of the molecule is Cc1ccc(C(=O)N(CCN(C)C)Cc2ccccc2)c(C2CCN(Cc3cccc([N+](=O)[O-])c3)CC2)n1. The molecule has 3 aromatic rings. The molecular weight excluding hydrogens is 478 g/mol. The maximum atomic E-state index is 13.9. The van der Waals surface area contributed by atoms with Crippen molar-refractivity contribution in [3.63, 3.8) is 0 Å². The molecule has 8 nitrogen and oxygen atoms in total. The quantitative estimate of drug-likeness (QED) is 0.283. The van der Waals surface area contributed by atoms with Gasteiger partial charge < -0.3 is 9.80 Å². The molecule has 2 heterocycles. The minimum absolute atomic E-state index is 0.0252. The summed E-state index contributed by atoms with van der Waals surface area (Å²) in [5, 5.41) is 11.1. The summed E-state index contributed by atoms with van der Waals surface area (Å²) < 4.78 is 0. The normalized spacial score (nSPS) is 14.5. The second kappa shape index (κ2) is 12.8. The van der Waals surface area contributed by atoms with E-state index in [1.165, 1.54) is 6.07 Å². The molecule has 0 unspecified atom stereocenters. The zero-order valence-corrected chi connectivity index (χ0v) is 22.5. The van der Waals surface area contributed by atoms with E-state index in [0.29, 0.717) is 25.2 Å². The topological polar surface area (TPSA) is 82.8 Å². The second-order valence-corrected chi connectivity index (χ2v) is 10.4. The first kappa shape index (κ1) is 27.4. The highest BCUT2D eigenvalue weighted by molar-refractivity contribution is 5.95. The Kier molecular flexibility index (Phi) is 9.20. The van der Waals surface area contributed by atoms with Crippen LogP contribution in [0.15, 0.2) is 66.7 Å². The lowest BCUT2D eigenvalue weighted by atomic mass is 9.89. The van der Waals surface area contributed by atoms with Crippen LogP contribution in [0.3, 0.4) is 0 Å². The van der Waals surface area contributed by atoms with Crippen LogP contribution in [0.1, 0.15) is 51.6 Å². The van der Waals surface area contributed by atoms with E-state index in [4.69, 9.17) is 4.98 Å². The molecular formula is C30H37N5O3. The van der Waals surface area contributed by atoms with E-state index in [9.17, 15) is 14.9 Å². The van der Waals surface area contributed by atoms with Crippen molar-refractivity contribution in [3.8, 4) is 0 Å². The third-order valence-corrected chi connectivity index (χ3v) is 7.12. The molecule has 0 saturated carbocycles. The van der Waals surface area contributed by atoms with Gasteiger partial charge in [-0.15, -0.1) is 0 Å². The zero-order chi connectivity index (χ0) is 27.1. The molecule has 1 aromatic heterocycles. The van der Waals surface area contributed by atoms with Crippen molar-refractivity contribution >= 4 is 11.6 Å². The minimum Gasteiger partial charge on any atom is -0.333 e. The molecule has 38 heavy (non-hydrogen) atoms. The molecule has 1 aliphatic rings. The van der Waals surface area contributed by atoms with Crippen molar-refractivity contribution in [1.82, 2.24) is 19.7 Å². The number of hydrogen-bond acceptors (Lipinski definition) is 6. The van der Waals surface area contributed by atoms with Crippen LogP contribution < -0.4 is 0 Å². The highest BCUT2D eigenvalue weighted by Gasteiger charge is 2.28. The summed E-state index contributed by atoms with van der Waals surface area (Å²) >= 11 is 0. The Morgan fingerprint density at radius 3 is 2.39 bits per heavy atom. The Bertz CT molecular complexity index is 1240. The van der Waals surface area contributed by atoms with Gasteiger partial charge in [0.1, 0.15) is 0 Å². The van der Waals surface area contributed by atoms with E-state index >= 15 is 0 Å². The van der Waals surface area contributed by atoms with Gasteiger partial charge in [0.05, 0.1) is 16.2 Å². The number of likely N-dealkylation sites (tertiary alicyclic amines) is 1. The van der Waals surface area contributed by atoms with Crippen LogP contribution in [0.2, 0.25) is 0 Å². The van der Waals surface area contributed by atoms with Crippen LogP contribution >= 0.6 is 0 Å². The number of aryl methyl sites for hydroxylation is 1. The molecule has 0 aliphatic carbocycles. The van der Waals surface area contributed by atoms with Gasteiger partial charge in [-0.1, -0.05) is 42.5 Å². The van der Waals surface area contributed by atoms with E-state index in [1.807, 2.05) is 62.3 Å². The van der Waals surface area contributed by atoms with E-state index < -0.39 is 0 Å². The van der Waals surface area contributed by atoms with Crippen LogP contribution in [0.4, 0.5) is 5.69 Å². The van der Waals surface area contributed by atoms with Gasteiger partial charge in [0.2, 0.25) is 0 Å². The number of carbonyl (C=O) groups is 1. The third-order valence-electron chi connectivity index (χ3n) is 7.12. The molecule has 0 spiro atoms. The lowest BCUT2D eigenvalue weighted by Gasteiger charge is -2.33. The van der Waals surface area contributed by atoms with Crippen molar-refractivity contribution in [2.75, 3.05) is 40.3 Å². The largest absolute Gasteiger partial charge is 0.333 e. The van der Waals surface area contributed by atoms with Gasteiger partial charge in [-0.25, -0.2) is 0 Å². The summed E-state index contributed by atoms with van der Waals surface area (Å²) in [7, 11) is 4.04. The second-order valence-electron chi connectivity index (χ2n) is 10.4. The highest BCUT2D eigenvalue weighted by Crippen LogP contribution is 2.31. The maximum Gasteiger partial charge on any atom is 0.269 e. The number of rotatable bonds is 10. The molecule has 1 amide bonds. The molecule has 200 valence electrons. The minimum atomic E-state index is -0.350. The lowest BCUT2D eigenvalue weighted by Crippen LogP contribution is -2.38. The third kappa shape index (κ3) is 7.24. The Hall–Kier alpha value is -3.62. The van der Waals surface area contributed by atoms with Crippen LogP contribution in [-0.2, 0) is 13.1 Å². The first-order valence-electron chi connectivity index (χ1n) is 13.2. The fourth-order valence-corrected chi connectivity index (χ4v) is 5.01. The summed E-state index contributed by atoms with van der Waals surface area (Å²) in [6.45, 7) is 6.33. The molecule has 0 bridgehead atoms. The number of pyridine rings is 1. The van der Waals surface area contributed by atoms with E-state index in [0.717, 1.165) is 55.0 Å². The van der Waals surface area contributed by atoms with Gasteiger partial charge in [-0.05, 0) is 70.2 Å². The van der Waals surface area contributed by atoms with Crippen LogP contribution in [0.25, 0.3) is 0 Å². The van der Waals surface area contributed by atoms with E-state index in [-0.39, 0.29) is 22.4 Å². The standard InChI is InChI=1S/C30H37N5O3/c1-23-12-13-28(30(36)34(19-18-32(2)3)22-24-8-5-4-6-9-24)29(31-23)26-14-16-33(17-15-26)21-25-10-7-11-27(20-25)35(37)38/h4-13,20,26H,14-19,21-22H2,1-3H3. The molecule has 2 aromatic carbocycles. The fraction of sp³-hybridized carbons (Fsp3) is 0.400. The summed E-state index contributed by atoms with van der Waals surface area (Å²) in [5.74, 6) is 0.222. The van der Waals surface area contributed by atoms with E-state index in [1.54, 1.807) is 12.1 Å². The Morgan fingerprint density at radius 2 is 1.71 bits per heavy atom. The summed E-state index contributed by atoms with van der Waals surface area (Å²) in [5.41, 5.74) is 4.68. The van der Waals surface area contributed by atoms with Gasteiger partial charge in [0, 0.05) is 49.9 Å². The summed E-state index contributed by atoms with van der Waals surface area (Å²) in [6.07, 6.45) is 1.78. The van der Waals surface area contributed by atoms with Gasteiger partial charge in [-0.3, -0.25) is 24.8 Å². The predicted molar refractivity (Wildman–Crippen MR) is 149 cm³/mol. The smallest absolute Gasteiger partial charge is 0.269 e. The van der Waals surface area contributed by atoms with Gasteiger partial charge in [-0.2, -0.15) is 0 Å². The Morgan fingerprint density at radius 1 is 1.00 bits per heavy atom. The molecule has 4 rings (SSSR count). The van der Waals surface area contributed by atoms with Crippen LogP contribution in [0.5, 0.6) is 0 Å². The van der Waals surface area contributed by atoms with Crippen molar-refractivity contribution in [2.45, 2.75) is 38.8 Å². The maximum absolute atomic E-state index is 13.9. The molecule has 0 atom stereocenters. The fourth-order valence-electron chi connectivity index (χ4n) is 5.01. The molecule has 1 saturated heterocycles. The predicted octanol–water partition coefficient (Wildman–Crippen LogP) is 4.88. The molecule has 0 radical (unpaired) electrons. The number of nitrogens with zero attached hydrogens (tertiary/aromatic N) is 5. The van der Waals surface area contributed by atoms with Gasteiger partial charge >= 0.3 is 0 Å². The average Bonchev–Trinajstić information content (AvgIpc) is 2.91. The number of benzene rings is 2. The molecule has 1 aliphatic heterocycles. The number of amides is 1. The number of aromatic nitrogens is 1. The molecule has 1 fully saturated rings. The van der Waals surface area contributed by atoms with Crippen molar-refractivity contribution in [1.29, 1.82) is 0 Å². The zero-order valence-electron chi connectivity index (χ0n) is 22.5. The van der Waals surface area contributed by atoms with E-state index in [2.05, 4.69) is 21.9 Å². The number of non-ortho nitro benzene ring substituents is 1. The Balaban J connectivity index is 1.49. The monoisotopic (exact) mass is 515 g/mol. The van der Waals surface area contributed by atoms with Gasteiger partial charge in [0.25, 0.3) is 11.6 Å². The lowest BCUT2D eigenvalue weighted by molar-refractivity contribution is -0.384. The number of piperidine rings is 1. The number of nitro benzene ring substituents is 1. The van der Waals surface area contributed by atoms with Gasteiger partial charge in [0.15, 0.2) is 0 Å². The number of nitro groups is 1. The Labute approximate surface area is 225 Å². The van der Waals surface area contributed by atoms with Crippen LogP contribution in [-0.4, -0.2) is 70.8 Å².